The Bertz CT molecular complexity index is 1210. The number of nitrogens with one attached hydrogen (secondary N) is 1. The maximum absolute atomic E-state index is 13.5. The minimum absolute atomic E-state index is 0.167. The molecule has 0 atom stereocenters. The van der Waals surface area contributed by atoms with Crippen LogP contribution >= 0.6 is 0 Å². The zero-order valence-electron chi connectivity index (χ0n) is 15.4. The van der Waals surface area contributed by atoms with Gasteiger partial charge in [-0.1, -0.05) is 18.2 Å². The molecule has 0 bridgehead atoms. The fourth-order valence-corrected chi connectivity index (χ4v) is 3.05. The molecule has 0 saturated carbocycles. The van der Waals surface area contributed by atoms with Gasteiger partial charge in [0.25, 0.3) is 5.91 Å². The predicted octanol–water partition coefficient (Wildman–Crippen LogP) is 5.44. The lowest BCUT2D eigenvalue weighted by Gasteiger charge is -2.11. The van der Waals surface area contributed by atoms with Crippen LogP contribution in [-0.4, -0.2) is 18.0 Å². The highest BCUT2D eigenvalue weighted by Gasteiger charge is 2.15. The number of para-hydroxylation sites is 1. The SMILES string of the molecule is COc1ccc(-c2cc(C(=O)Nc3ccc(F)c(F)c3)c3ccccc3n2)cc1. The molecule has 1 heterocycles. The molecule has 4 nitrogen and oxygen atoms in total. The van der Waals surface area contributed by atoms with Gasteiger partial charge in [0.15, 0.2) is 11.6 Å². The second kappa shape index (κ2) is 7.67. The second-order valence-corrected chi connectivity index (χ2v) is 6.38. The number of anilines is 1. The number of rotatable bonds is 4. The van der Waals surface area contributed by atoms with Gasteiger partial charge in [-0.05, 0) is 48.5 Å². The quantitative estimate of drug-likeness (QED) is 0.505. The summed E-state index contributed by atoms with van der Waals surface area (Å²) >= 11 is 0. The number of benzene rings is 3. The Kier molecular flexibility index (Phi) is 4.91. The van der Waals surface area contributed by atoms with Gasteiger partial charge in [0.05, 0.1) is 23.9 Å². The predicted molar refractivity (Wildman–Crippen MR) is 108 cm³/mol. The Morgan fingerprint density at radius 2 is 1.69 bits per heavy atom. The number of ether oxygens (including phenoxy) is 1. The van der Waals surface area contributed by atoms with E-state index in [1.807, 2.05) is 42.5 Å². The van der Waals surface area contributed by atoms with Crippen LogP contribution in [-0.2, 0) is 0 Å². The highest BCUT2D eigenvalue weighted by atomic mass is 19.2. The van der Waals surface area contributed by atoms with Gasteiger partial charge in [-0.2, -0.15) is 0 Å². The number of hydrogen-bond acceptors (Lipinski definition) is 3. The molecule has 4 aromatic rings. The van der Waals surface area contributed by atoms with E-state index < -0.39 is 17.5 Å². The Labute approximate surface area is 165 Å². The summed E-state index contributed by atoms with van der Waals surface area (Å²) in [4.78, 5) is 17.6. The lowest BCUT2D eigenvalue weighted by molar-refractivity contribution is 0.102. The maximum atomic E-state index is 13.5. The number of carbonyl (C=O) groups excluding carboxylic acids is 1. The summed E-state index contributed by atoms with van der Waals surface area (Å²) in [6.07, 6.45) is 0. The van der Waals surface area contributed by atoms with E-state index in [1.165, 1.54) is 6.07 Å². The van der Waals surface area contributed by atoms with Crippen LogP contribution in [0.4, 0.5) is 14.5 Å². The van der Waals surface area contributed by atoms with Crippen LogP contribution in [0.2, 0.25) is 0 Å². The maximum Gasteiger partial charge on any atom is 0.256 e. The van der Waals surface area contributed by atoms with E-state index >= 15 is 0 Å². The Morgan fingerprint density at radius 3 is 2.41 bits per heavy atom. The van der Waals surface area contributed by atoms with Crippen molar-refractivity contribution in [1.29, 1.82) is 0 Å². The van der Waals surface area contributed by atoms with Crippen molar-refractivity contribution in [2.24, 2.45) is 0 Å². The summed E-state index contributed by atoms with van der Waals surface area (Å²) in [5.41, 5.74) is 2.63. The minimum Gasteiger partial charge on any atom is -0.497 e. The van der Waals surface area contributed by atoms with Crippen molar-refractivity contribution in [1.82, 2.24) is 4.98 Å². The van der Waals surface area contributed by atoms with Gasteiger partial charge in [-0.25, -0.2) is 13.8 Å². The third kappa shape index (κ3) is 3.78. The van der Waals surface area contributed by atoms with E-state index in [1.54, 1.807) is 19.2 Å². The number of pyridine rings is 1. The number of fused-ring (bicyclic) bond motifs is 1. The standard InChI is InChI=1S/C23H16F2N2O2/c1-29-16-9-6-14(7-10-16)22-13-18(17-4-2-3-5-21(17)27-22)23(28)26-15-8-11-19(24)20(25)12-15/h2-13H,1H3,(H,26,28). The van der Waals surface area contributed by atoms with E-state index in [0.29, 0.717) is 27.9 Å². The topological polar surface area (TPSA) is 51.2 Å². The summed E-state index contributed by atoms with van der Waals surface area (Å²) in [6, 6.07) is 19.5. The number of halogens is 2. The van der Waals surface area contributed by atoms with E-state index in [4.69, 9.17) is 4.74 Å². The van der Waals surface area contributed by atoms with Crippen LogP contribution in [0.25, 0.3) is 22.2 Å². The molecule has 1 N–H and O–H groups in total. The molecular formula is C23H16F2N2O2. The lowest BCUT2D eigenvalue weighted by Crippen LogP contribution is -2.13. The molecule has 4 rings (SSSR count). The third-order valence-electron chi connectivity index (χ3n) is 4.52. The van der Waals surface area contributed by atoms with Gasteiger partial charge in [0.2, 0.25) is 0 Å². The first kappa shape index (κ1) is 18.6. The van der Waals surface area contributed by atoms with Gasteiger partial charge in [0, 0.05) is 22.7 Å². The van der Waals surface area contributed by atoms with Gasteiger partial charge in [-0.3, -0.25) is 4.79 Å². The van der Waals surface area contributed by atoms with Crippen LogP contribution in [0, 0.1) is 11.6 Å². The van der Waals surface area contributed by atoms with E-state index in [9.17, 15) is 13.6 Å². The molecule has 0 aliphatic heterocycles. The highest BCUT2D eigenvalue weighted by Crippen LogP contribution is 2.27. The summed E-state index contributed by atoms with van der Waals surface area (Å²) in [6.45, 7) is 0. The van der Waals surface area contributed by atoms with E-state index in [-0.39, 0.29) is 5.69 Å². The molecule has 6 heteroatoms. The number of aromatic nitrogens is 1. The molecule has 1 aromatic heterocycles. The molecule has 0 saturated heterocycles. The molecule has 144 valence electrons. The van der Waals surface area contributed by atoms with Crippen molar-refractivity contribution in [3.8, 4) is 17.0 Å². The first-order valence-corrected chi connectivity index (χ1v) is 8.86. The highest BCUT2D eigenvalue weighted by molar-refractivity contribution is 6.13. The Balaban J connectivity index is 1.77. The molecule has 0 fully saturated rings. The molecule has 29 heavy (non-hydrogen) atoms. The largest absolute Gasteiger partial charge is 0.497 e. The molecule has 3 aromatic carbocycles. The summed E-state index contributed by atoms with van der Waals surface area (Å²) < 4.78 is 31.8. The number of carbonyl (C=O) groups is 1. The van der Waals surface area contributed by atoms with Crippen molar-refractivity contribution in [2.45, 2.75) is 0 Å². The van der Waals surface area contributed by atoms with Crippen molar-refractivity contribution >= 4 is 22.5 Å². The van der Waals surface area contributed by atoms with E-state index in [2.05, 4.69) is 10.3 Å². The fraction of sp³-hybridized carbons (Fsp3) is 0.0435. The normalized spacial score (nSPS) is 10.7. The molecule has 0 spiro atoms. The molecular weight excluding hydrogens is 374 g/mol. The van der Waals surface area contributed by atoms with Crippen molar-refractivity contribution in [3.63, 3.8) is 0 Å². The molecule has 0 radical (unpaired) electrons. The first-order chi connectivity index (χ1) is 14.0. The van der Waals surface area contributed by atoms with Gasteiger partial charge in [-0.15, -0.1) is 0 Å². The first-order valence-electron chi connectivity index (χ1n) is 8.86. The smallest absolute Gasteiger partial charge is 0.256 e. The van der Waals surface area contributed by atoms with Crippen molar-refractivity contribution in [3.05, 3.63) is 90.0 Å². The Hall–Kier alpha value is -3.80. The van der Waals surface area contributed by atoms with Crippen molar-refractivity contribution in [2.75, 3.05) is 12.4 Å². The number of methoxy groups -OCH3 is 1. The lowest BCUT2D eigenvalue weighted by atomic mass is 10.0. The molecule has 0 aliphatic rings. The average Bonchev–Trinajstić information content (AvgIpc) is 2.75. The fourth-order valence-electron chi connectivity index (χ4n) is 3.05. The van der Waals surface area contributed by atoms with Crippen molar-refractivity contribution < 1.29 is 18.3 Å². The zero-order chi connectivity index (χ0) is 20.4. The molecule has 1 amide bonds. The summed E-state index contributed by atoms with van der Waals surface area (Å²) in [5.74, 6) is -1.73. The van der Waals surface area contributed by atoms with Gasteiger partial charge in [0.1, 0.15) is 5.75 Å². The summed E-state index contributed by atoms with van der Waals surface area (Å²) in [5, 5.41) is 3.28. The summed E-state index contributed by atoms with van der Waals surface area (Å²) in [7, 11) is 1.59. The molecule has 0 unspecified atom stereocenters. The number of nitrogens with zero attached hydrogens (tertiary/aromatic N) is 1. The van der Waals surface area contributed by atoms with Crippen LogP contribution in [0.5, 0.6) is 5.75 Å². The van der Waals surface area contributed by atoms with Crippen LogP contribution < -0.4 is 10.1 Å². The average molecular weight is 390 g/mol. The Morgan fingerprint density at radius 1 is 0.931 bits per heavy atom. The molecule has 0 aliphatic carbocycles. The second-order valence-electron chi connectivity index (χ2n) is 6.38. The monoisotopic (exact) mass is 390 g/mol. The zero-order valence-corrected chi connectivity index (χ0v) is 15.4. The third-order valence-corrected chi connectivity index (χ3v) is 4.52. The van der Waals surface area contributed by atoms with E-state index in [0.717, 1.165) is 17.7 Å². The van der Waals surface area contributed by atoms with Gasteiger partial charge < -0.3 is 10.1 Å². The number of hydrogen-bond donors (Lipinski definition) is 1. The van der Waals surface area contributed by atoms with Crippen LogP contribution in [0.1, 0.15) is 10.4 Å². The van der Waals surface area contributed by atoms with Crippen LogP contribution in [0.15, 0.2) is 72.8 Å². The van der Waals surface area contributed by atoms with Gasteiger partial charge >= 0.3 is 0 Å². The number of amides is 1. The van der Waals surface area contributed by atoms with Crippen LogP contribution in [0.3, 0.4) is 0 Å². The minimum atomic E-state index is -1.03.